The molecule has 1 aliphatic heterocycles. The Morgan fingerprint density at radius 3 is 3.06 bits per heavy atom. The minimum Gasteiger partial charge on any atom is -0.433 e. The van der Waals surface area contributed by atoms with Gasteiger partial charge in [-0.2, -0.15) is 0 Å². The zero-order valence-electron chi connectivity index (χ0n) is 9.38. The van der Waals surface area contributed by atoms with Crippen LogP contribution in [0.3, 0.4) is 0 Å². The molecule has 0 fully saturated rings. The van der Waals surface area contributed by atoms with Crippen molar-refractivity contribution in [2.75, 3.05) is 0 Å². The van der Waals surface area contributed by atoms with Crippen LogP contribution < -0.4 is 4.74 Å². The maximum Gasteiger partial charge on any atom is 0.427 e. The molecule has 1 aliphatic rings. The molecule has 18 heavy (non-hydrogen) atoms. The first-order valence-electron chi connectivity index (χ1n) is 5.24. The van der Waals surface area contributed by atoms with Crippen molar-refractivity contribution in [2.45, 2.75) is 13.5 Å². The Morgan fingerprint density at radius 2 is 2.33 bits per heavy atom. The van der Waals surface area contributed by atoms with Crippen molar-refractivity contribution >= 4 is 21.7 Å². The van der Waals surface area contributed by atoms with Crippen molar-refractivity contribution in [3.63, 3.8) is 0 Å². The van der Waals surface area contributed by atoms with E-state index in [1.165, 1.54) is 0 Å². The fraction of sp³-hybridized carbons (Fsp3) is 0.182. The zero-order valence-corrected chi connectivity index (χ0v) is 11.0. The number of aromatic nitrogens is 2. The molecule has 0 atom stereocenters. The average molecular weight is 310 g/mol. The summed E-state index contributed by atoms with van der Waals surface area (Å²) in [7, 11) is 0. The summed E-state index contributed by atoms with van der Waals surface area (Å²) < 4.78 is 8.23. The van der Waals surface area contributed by atoms with Crippen LogP contribution in [0.1, 0.15) is 11.4 Å². The van der Waals surface area contributed by atoms with Crippen molar-refractivity contribution in [3.8, 4) is 11.6 Å². The van der Waals surface area contributed by atoms with Gasteiger partial charge in [0.2, 0.25) is 5.82 Å². The normalized spacial score (nSPS) is 12.6. The number of hydrogen-bond donors (Lipinski definition) is 0. The summed E-state index contributed by atoms with van der Waals surface area (Å²) >= 11 is 3.39. The Bertz CT molecular complexity index is 666. The Balaban J connectivity index is 2.14. The van der Waals surface area contributed by atoms with Gasteiger partial charge >= 0.3 is 11.7 Å². The molecule has 0 unspecified atom stereocenters. The number of aryl methyl sites for hydroxylation is 1. The monoisotopic (exact) mass is 309 g/mol. The van der Waals surface area contributed by atoms with E-state index in [2.05, 4.69) is 20.9 Å². The molecule has 0 aliphatic carbocycles. The number of benzene rings is 1. The number of rotatable bonds is 1. The van der Waals surface area contributed by atoms with Crippen LogP contribution in [0.15, 0.2) is 22.7 Å². The molecule has 6 nitrogen and oxygen atoms in total. The Morgan fingerprint density at radius 1 is 1.56 bits per heavy atom. The van der Waals surface area contributed by atoms with E-state index >= 15 is 0 Å². The van der Waals surface area contributed by atoms with Gasteiger partial charge in [0.1, 0.15) is 5.75 Å². The van der Waals surface area contributed by atoms with Crippen LogP contribution in [0.5, 0.6) is 11.6 Å². The van der Waals surface area contributed by atoms with Crippen molar-refractivity contribution in [2.24, 2.45) is 0 Å². The summed E-state index contributed by atoms with van der Waals surface area (Å²) in [6.45, 7) is 2.25. The molecular weight excluding hydrogens is 302 g/mol. The molecule has 7 heteroatoms. The van der Waals surface area contributed by atoms with Gasteiger partial charge in [0.25, 0.3) is 0 Å². The summed E-state index contributed by atoms with van der Waals surface area (Å²) in [5.41, 5.74) is 0.965. The van der Waals surface area contributed by atoms with Crippen LogP contribution in [0, 0.1) is 17.0 Å². The molecule has 92 valence electrons. The fourth-order valence-corrected chi connectivity index (χ4v) is 2.39. The van der Waals surface area contributed by atoms with E-state index in [-0.39, 0.29) is 11.7 Å². The first-order valence-corrected chi connectivity index (χ1v) is 6.03. The number of nitro groups is 1. The first-order chi connectivity index (χ1) is 8.56. The summed E-state index contributed by atoms with van der Waals surface area (Å²) in [6, 6.07) is 5.56. The summed E-state index contributed by atoms with van der Waals surface area (Å²) in [5.74, 6) is 1.17. The first kappa shape index (κ1) is 11.2. The van der Waals surface area contributed by atoms with E-state index in [1.807, 2.05) is 12.1 Å². The van der Waals surface area contributed by atoms with Crippen LogP contribution in [0.2, 0.25) is 0 Å². The molecule has 0 saturated heterocycles. The number of imidazole rings is 1. The van der Waals surface area contributed by atoms with Gasteiger partial charge in [0.05, 0.1) is 6.54 Å². The van der Waals surface area contributed by atoms with Crippen LogP contribution in [-0.4, -0.2) is 14.5 Å². The maximum absolute atomic E-state index is 10.9. The highest BCUT2D eigenvalue weighted by atomic mass is 79.9. The van der Waals surface area contributed by atoms with Crippen molar-refractivity contribution in [3.05, 3.63) is 44.2 Å². The molecule has 1 aromatic heterocycles. The highest BCUT2D eigenvalue weighted by molar-refractivity contribution is 9.10. The van der Waals surface area contributed by atoms with E-state index in [0.717, 1.165) is 10.0 Å². The lowest BCUT2D eigenvalue weighted by molar-refractivity contribution is -0.390. The van der Waals surface area contributed by atoms with Crippen molar-refractivity contribution in [1.82, 2.24) is 9.55 Å². The summed E-state index contributed by atoms with van der Waals surface area (Å²) in [4.78, 5) is 14.3. The Labute approximate surface area is 110 Å². The molecule has 0 radical (unpaired) electrons. The highest BCUT2D eigenvalue weighted by Crippen LogP contribution is 2.39. The third-order valence-electron chi connectivity index (χ3n) is 2.83. The minimum atomic E-state index is -0.525. The highest BCUT2D eigenvalue weighted by Gasteiger charge is 2.31. The van der Waals surface area contributed by atoms with E-state index in [4.69, 9.17) is 4.74 Å². The standard InChI is InChI=1S/C11H8BrN3O3/c1-6-13-10(15(16)17)11-14(6)5-7-4-8(12)2-3-9(7)18-11/h2-4H,5H2,1H3. The second-order valence-electron chi connectivity index (χ2n) is 3.99. The number of nitrogens with zero attached hydrogens (tertiary/aromatic N) is 3. The van der Waals surface area contributed by atoms with Crippen LogP contribution in [-0.2, 0) is 6.54 Å². The van der Waals surface area contributed by atoms with Gasteiger partial charge in [-0.25, -0.2) is 0 Å². The van der Waals surface area contributed by atoms with Crippen molar-refractivity contribution in [1.29, 1.82) is 0 Å². The molecule has 0 saturated carbocycles. The van der Waals surface area contributed by atoms with E-state index < -0.39 is 4.92 Å². The molecule has 2 heterocycles. The molecule has 3 rings (SSSR count). The van der Waals surface area contributed by atoms with Gasteiger partial charge in [-0.05, 0) is 28.1 Å². The lowest BCUT2D eigenvalue weighted by Gasteiger charge is -2.18. The maximum atomic E-state index is 10.9. The molecule has 0 spiro atoms. The van der Waals surface area contributed by atoms with Gasteiger partial charge in [0.15, 0.2) is 0 Å². The largest absolute Gasteiger partial charge is 0.433 e. The van der Waals surface area contributed by atoms with Gasteiger partial charge in [-0.15, -0.1) is 0 Å². The predicted octanol–water partition coefficient (Wildman–Crippen LogP) is 3.02. The van der Waals surface area contributed by atoms with Gasteiger partial charge in [-0.3, -0.25) is 4.57 Å². The Kier molecular flexibility index (Phi) is 2.37. The average Bonchev–Trinajstić information content (AvgIpc) is 2.64. The smallest absolute Gasteiger partial charge is 0.427 e. The summed E-state index contributed by atoms with van der Waals surface area (Å²) in [5, 5.41) is 10.9. The number of ether oxygens (including phenoxy) is 1. The molecule has 0 bridgehead atoms. The third kappa shape index (κ3) is 1.59. The minimum absolute atomic E-state index is 0.201. The van der Waals surface area contributed by atoms with Gasteiger partial charge in [0, 0.05) is 17.0 Å². The van der Waals surface area contributed by atoms with E-state index in [1.54, 1.807) is 17.6 Å². The second-order valence-corrected chi connectivity index (χ2v) is 4.90. The number of halogens is 1. The summed E-state index contributed by atoms with van der Waals surface area (Å²) in [6.07, 6.45) is 0. The molecule has 0 N–H and O–H groups in total. The molecule has 2 aromatic rings. The zero-order chi connectivity index (χ0) is 12.9. The van der Waals surface area contributed by atoms with E-state index in [0.29, 0.717) is 18.1 Å². The van der Waals surface area contributed by atoms with E-state index in [9.17, 15) is 10.1 Å². The van der Waals surface area contributed by atoms with Gasteiger partial charge in [-0.1, -0.05) is 15.9 Å². The molecular formula is C11H8BrN3O3. The second kappa shape index (κ2) is 3.81. The SMILES string of the molecule is Cc1nc([N+](=O)[O-])c2n1Cc1cc(Br)ccc1O2. The predicted molar refractivity (Wildman–Crippen MR) is 66.9 cm³/mol. The quantitative estimate of drug-likeness (QED) is 0.512. The number of hydrogen-bond acceptors (Lipinski definition) is 4. The lowest BCUT2D eigenvalue weighted by Crippen LogP contribution is -2.11. The van der Waals surface area contributed by atoms with Crippen molar-refractivity contribution < 1.29 is 9.66 Å². The Hall–Kier alpha value is -1.89. The molecule has 1 aromatic carbocycles. The molecule has 0 amide bonds. The third-order valence-corrected chi connectivity index (χ3v) is 3.32. The van der Waals surface area contributed by atoms with Crippen LogP contribution in [0.4, 0.5) is 5.82 Å². The van der Waals surface area contributed by atoms with Crippen LogP contribution in [0.25, 0.3) is 0 Å². The lowest BCUT2D eigenvalue weighted by atomic mass is 10.2. The van der Waals surface area contributed by atoms with Crippen LogP contribution >= 0.6 is 15.9 Å². The topological polar surface area (TPSA) is 70.2 Å². The number of fused-ring (bicyclic) bond motifs is 2. The fourth-order valence-electron chi connectivity index (χ4n) is 1.98. The van der Waals surface area contributed by atoms with Gasteiger partial charge < -0.3 is 14.9 Å².